The molecule has 0 spiro atoms. The summed E-state index contributed by atoms with van der Waals surface area (Å²) in [6.07, 6.45) is 0.662. The number of hydroxylamine groups is 2. The van der Waals surface area contributed by atoms with Crippen LogP contribution >= 0.6 is 0 Å². The largest absolute Gasteiger partial charge is 0.497 e. The first-order valence-electron chi connectivity index (χ1n) is 4.81. The van der Waals surface area contributed by atoms with Gasteiger partial charge in [0.25, 0.3) is 5.91 Å². The number of methoxy groups -OCH3 is 1. The Morgan fingerprint density at radius 1 is 1.47 bits per heavy atom. The third-order valence-electron chi connectivity index (χ3n) is 2.67. The minimum atomic E-state index is -0.323. The highest BCUT2D eigenvalue weighted by atomic mass is 16.5. The molecule has 1 heterocycles. The molecule has 1 aromatic carbocycles. The molecule has 1 aliphatic heterocycles. The number of hydrogen-bond donors (Lipinski definition) is 1. The summed E-state index contributed by atoms with van der Waals surface area (Å²) in [4.78, 5) is 11.7. The number of rotatable bonds is 1. The minimum absolute atomic E-state index is 0.323. The van der Waals surface area contributed by atoms with Crippen LogP contribution in [0.25, 0.3) is 0 Å². The van der Waals surface area contributed by atoms with Gasteiger partial charge in [0.1, 0.15) is 5.75 Å². The lowest BCUT2D eigenvalue weighted by molar-refractivity contribution is -0.0602. The molecule has 0 atom stereocenters. The van der Waals surface area contributed by atoms with Gasteiger partial charge in [-0.25, -0.2) is 5.06 Å². The zero-order valence-corrected chi connectivity index (χ0v) is 8.78. The van der Waals surface area contributed by atoms with Crippen molar-refractivity contribution in [1.82, 2.24) is 5.06 Å². The second kappa shape index (κ2) is 3.55. The zero-order chi connectivity index (χ0) is 11.0. The van der Waals surface area contributed by atoms with E-state index >= 15 is 0 Å². The summed E-state index contributed by atoms with van der Waals surface area (Å²) in [6.45, 7) is 2.19. The molecule has 2 rings (SSSR count). The summed E-state index contributed by atoms with van der Waals surface area (Å²) in [5.41, 5.74) is 2.39. The standard InChI is InChI=1S/C11H13NO3/c1-7-5-9(15-2)6-8-3-4-12(14)11(13)10(7)8/h5-6,14H,3-4H2,1-2H3. The van der Waals surface area contributed by atoms with Gasteiger partial charge in [-0.1, -0.05) is 0 Å². The Kier molecular flexibility index (Phi) is 2.36. The molecular formula is C11H13NO3. The molecule has 1 N–H and O–H groups in total. The number of carbonyl (C=O) groups is 1. The molecule has 0 radical (unpaired) electrons. The number of aryl methyl sites for hydroxylation is 1. The molecule has 4 nitrogen and oxygen atoms in total. The molecule has 0 unspecified atom stereocenters. The maximum Gasteiger partial charge on any atom is 0.277 e. The third-order valence-corrected chi connectivity index (χ3v) is 2.67. The van der Waals surface area contributed by atoms with Crippen molar-refractivity contribution in [3.05, 3.63) is 28.8 Å². The Morgan fingerprint density at radius 2 is 2.20 bits per heavy atom. The van der Waals surface area contributed by atoms with Crippen LogP contribution in [0.1, 0.15) is 21.5 Å². The molecule has 0 aromatic heterocycles. The van der Waals surface area contributed by atoms with E-state index in [0.717, 1.165) is 21.9 Å². The molecule has 80 valence electrons. The number of carbonyl (C=O) groups excluding carboxylic acids is 1. The van der Waals surface area contributed by atoms with Crippen molar-refractivity contribution in [2.24, 2.45) is 0 Å². The van der Waals surface area contributed by atoms with E-state index in [1.54, 1.807) is 13.2 Å². The number of ether oxygens (including phenoxy) is 1. The monoisotopic (exact) mass is 207 g/mol. The molecule has 1 aliphatic rings. The molecule has 0 aliphatic carbocycles. The van der Waals surface area contributed by atoms with E-state index in [2.05, 4.69) is 0 Å². The highest BCUT2D eigenvalue weighted by molar-refractivity contribution is 5.97. The molecule has 15 heavy (non-hydrogen) atoms. The highest BCUT2D eigenvalue weighted by Gasteiger charge is 2.25. The van der Waals surface area contributed by atoms with Crippen molar-refractivity contribution in [3.8, 4) is 5.75 Å². The van der Waals surface area contributed by atoms with Crippen molar-refractivity contribution in [2.75, 3.05) is 13.7 Å². The molecule has 1 aromatic rings. The molecule has 0 fully saturated rings. The second-order valence-electron chi connectivity index (χ2n) is 3.66. The van der Waals surface area contributed by atoms with Crippen molar-refractivity contribution in [3.63, 3.8) is 0 Å². The van der Waals surface area contributed by atoms with E-state index in [9.17, 15) is 10.0 Å². The number of benzene rings is 1. The first kappa shape index (κ1) is 9.98. The molecule has 0 saturated heterocycles. The normalized spacial score (nSPS) is 15.1. The highest BCUT2D eigenvalue weighted by Crippen LogP contribution is 2.26. The van der Waals surface area contributed by atoms with Crippen molar-refractivity contribution in [1.29, 1.82) is 0 Å². The van der Waals surface area contributed by atoms with Gasteiger partial charge in [-0.15, -0.1) is 0 Å². The fourth-order valence-electron chi connectivity index (χ4n) is 1.90. The Morgan fingerprint density at radius 3 is 2.87 bits per heavy atom. The average molecular weight is 207 g/mol. The van der Waals surface area contributed by atoms with Crippen LogP contribution in [0.4, 0.5) is 0 Å². The Bertz CT molecular complexity index is 415. The van der Waals surface area contributed by atoms with Gasteiger partial charge in [0, 0.05) is 5.56 Å². The summed E-state index contributed by atoms with van der Waals surface area (Å²) in [5, 5.41) is 10.1. The van der Waals surface area contributed by atoms with Gasteiger partial charge in [-0.2, -0.15) is 0 Å². The predicted molar refractivity (Wildman–Crippen MR) is 54.3 cm³/mol. The molecule has 0 bridgehead atoms. The summed E-state index contributed by atoms with van der Waals surface area (Å²) in [7, 11) is 1.60. The van der Waals surface area contributed by atoms with E-state index in [1.165, 1.54) is 0 Å². The lowest BCUT2D eigenvalue weighted by Gasteiger charge is -2.24. The van der Waals surface area contributed by atoms with Crippen molar-refractivity contribution >= 4 is 5.91 Å². The topological polar surface area (TPSA) is 49.8 Å². The minimum Gasteiger partial charge on any atom is -0.497 e. The first-order valence-corrected chi connectivity index (χ1v) is 4.81. The third kappa shape index (κ3) is 1.57. The zero-order valence-electron chi connectivity index (χ0n) is 8.78. The van der Waals surface area contributed by atoms with Gasteiger partial charge in [0.15, 0.2) is 0 Å². The van der Waals surface area contributed by atoms with Crippen LogP contribution in [0.2, 0.25) is 0 Å². The summed E-state index contributed by atoms with van der Waals surface area (Å²) >= 11 is 0. The van der Waals surface area contributed by atoms with E-state index in [-0.39, 0.29) is 5.91 Å². The van der Waals surface area contributed by atoms with E-state index in [0.29, 0.717) is 18.5 Å². The van der Waals surface area contributed by atoms with Gasteiger partial charge < -0.3 is 4.74 Å². The number of hydrogen-bond acceptors (Lipinski definition) is 3. The van der Waals surface area contributed by atoms with Crippen molar-refractivity contribution < 1.29 is 14.7 Å². The summed E-state index contributed by atoms with van der Waals surface area (Å²) < 4.78 is 5.14. The lowest BCUT2D eigenvalue weighted by atomic mass is 9.95. The molecular weight excluding hydrogens is 194 g/mol. The van der Waals surface area contributed by atoms with Gasteiger partial charge in [-0.3, -0.25) is 10.0 Å². The van der Waals surface area contributed by atoms with Crippen LogP contribution < -0.4 is 4.74 Å². The molecule has 4 heteroatoms. The van der Waals surface area contributed by atoms with Crippen LogP contribution in [-0.2, 0) is 6.42 Å². The maximum absolute atomic E-state index is 11.7. The number of nitrogens with zero attached hydrogens (tertiary/aromatic N) is 1. The smallest absolute Gasteiger partial charge is 0.277 e. The predicted octanol–water partition coefficient (Wildman–Crippen LogP) is 1.39. The first-order chi connectivity index (χ1) is 7.13. The fourth-order valence-corrected chi connectivity index (χ4v) is 1.90. The Hall–Kier alpha value is -1.55. The number of amides is 1. The quantitative estimate of drug-likeness (QED) is 0.708. The van der Waals surface area contributed by atoms with Gasteiger partial charge >= 0.3 is 0 Å². The van der Waals surface area contributed by atoms with Crippen LogP contribution in [0.5, 0.6) is 5.75 Å². The number of fused-ring (bicyclic) bond motifs is 1. The van der Waals surface area contributed by atoms with Crippen LogP contribution in [0, 0.1) is 6.92 Å². The van der Waals surface area contributed by atoms with E-state index in [1.807, 2.05) is 13.0 Å². The van der Waals surface area contributed by atoms with E-state index in [4.69, 9.17) is 4.74 Å². The average Bonchev–Trinajstić information content (AvgIpc) is 2.23. The molecule has 1 amide bonds. The van der Waals surface area contributed by atoms with Crippen LogP contribution in [0.3, 0.4) is 0 Å². The second-order valence-corrected chi connectivity index (χ2v) is 3.66. The summed E-state index contributed by atoms with van der Waals surface area (Å²) in [6, 6.07) is 3.66. The maximum atomic E-state index is 11.7. The fraction of sp³-hybridized carbons (Fsp3) is 0.364. The summed E-state index contributed by atoms with van der Waals surface area (Å²) in [5.74, 6) is 0.432. The van der Waals surface area contributed by atoms with Crippen LogP contribution in [-0.4, -0.2) is 29.8 Å². The molecule has 0 saturated carbocycles. The Balaban J connectivity index is 2.55. The van der Waals surface area contributed by atoms with Crippen molar-refractivity contribution in [2.45, 2.75) is 13.3 Å². The van der Waals surface area contributed by atoms with Crippen LogP contribution in [0.15, 0.2) is 12.1 Å². The Labute approximate surface area is 88.0 Å². The van der Waals surface area contributed by atoms with E-state index < -0.39 is 0 Å². The SMILES string of the molecule is COc1cc(C)c2c(c1)CCN(O)C2=O. The van der Waals surface area contributed by atoms with Gasteiger partial charge in [0.2, 0.25) is 0 Å². The lowest BCUT2D eigenvalue weighted by Crippen LogP contribution is -2.35. The van der Waals surface area contributed by atoms with Gasteiger partial charge in [-0.05, 0) is 36.6 Å². The van der Waals surface area contributed by atoms with Gasteiger partial charge in [0.05, 0.1) is 13.7 Å².